The van der Waals surface area contributed by atoms with Crippen LogP contribution >= 0.6 is 0 Å². The lowest BCUT2D eigenvalue weighted by atomic mass is 10.1. The average Bonchev–Trinajstić information content (AvgIpc) is 2.77. The quantitative estimate of drug-likeness (QED) is 0.847. The summed E-state index contributed by atoms with van der Waals surface area (Å²) in [5.74, 6) is 1.11. The third-order valence-electron chi connectivity index (χ3n) is 2.76. The fraction of sp³-hybridized carbons (Fsp3) is 0.308. The molecule has 0 bridgehead atoms. The first-order valence-corrected chi connectivity index (χ1v) is 5.61. The molecule has 0 amide bonds. The molecule has 2 rings (SSSR count). The predicted molar refractivity (Wildman–Crippen MR) is 65.0 cm³/mol. The minimum absolute atomic E-state index is 0.601. The molecule has 0 aliphatic heterocycles. The van der Waals surface area contributed by atoms with Crippen LogP contribution in [0, 0.1) is 0 Å². The number of imidazole rings is 1. The zero-order chi connectivity index (χ0) is 11.4. The van der Waals surface area contributed by atoms with Crippen molar-refractivity contribution in [3.05, 3.63) is 53.6 Å². The molecule has 3 heteroatoms. The number of aryl methyl sites for hydroxylation is 1. The lowest BCUT2D eigenvalue weighted by Crippen LogP contribution is -2.02. The van der Waals surface area contributed by atoms with Crippen LogP contribution in [0.2, 0.25) is 0 Å². The first-order valence-electron chi connectivity index (χ1n) is 5.61. The minimum Gasteiger partial charge on any atom is -0.335 e. The van der Waals surface area contributed by atoms with Gasteiger partial charge in [0.1, 0.15) is 5.82 Å². The summed E-state index contributed by atoms with van der Waals surface area (Å²) in [6, 6.07) is 8.40. The first kappa shape index (κ1) is 10.9. The lowest BCUT2D eigenvalue weighted by molar-refractivity contribution is 0.712. The molecule has 0 saturated heterocycles. The Morgan fingerprint density at radius 2 is 1.88 bits per heavy atom. The number of hydrogen-bond acceptors (Lipinski definition) is 2. The van der Waals surface area contributed by atoms with E-state index in [0.717, 1.165) is 18.8 Å². The van der Waals surface area contributed by atoms with Crippen LogP contribution in [0.15, 0.2) is 36.7 Å². The topological polar surface area (TPSA) is 43.8 Å². The van der Waals surface area contributed by atoms with Crippen LogP contribution in [-0.2, 0) is 19.5 Å². The molecule has 2 N–H and O–H groups in total. The van der Waals surface area contributed by atoms with E-state index in [-0.39, 0.29) is 0 Å². The Morgan fingerprint density at radius 3 is 2.50 bits per heavy atom. The predicted octanol–water partition coefficient (Wildman–Crippen LogP) is 1.95. The first-order chi connectivity index (χ1) is 7.83. The summed E-state index contributed by atoms with van der Waals surface area (Å²) in [4.78, 5) is 4.36. The maximum atomic E-state index is 5.57. The Kier molecular flexibility index (Phi) is 3.37. The summed E-state index contributed by atoms with van der Waals surface area (Å²) in [6.45, 7) is 3.70. The van der Waals surface area contributed by atoms with Crippen molar-refractivity contribution in [2.75, 3.05) is 0 Å². The Balaban J connectivity index is 2.14. The van der Waals surface area contributed by atoms with Gasteiger partial charge in [0.05, 0.1) is 0 Å². The van der Waals surface area contributed by atoms with Crippen molar-refractivity contribution >= 4 is 0 Å². The molecule has 0 aliphatic carbocycles. The van der Waals surface area contributed by atoms with Crippen molar-refractivity contribution < 1.29 is 0 Å². The summed E-state index contributed by atoms with van der Waals surface area (Å²) >= 11 is 0. The molecule has 0 fully saturated rings. The summed E-state index contributed by atoms with van der Waals surface area (Å²) in [5, 5.41) is 0. The number of nitrogens with zero attached hydrogens (tertiary/aromatic N) is 2. The number of nitrogens with two attached hydrogens (primary N) is 1. The van der Waals surface area contributed by atoms with Gasteiger partial charge >= 0.3 is 0 Å². The second-order valence-corrected chi connectivity index (χ2v) is 3.83. The summed E-state index contributed by atoms with van der Waals surface area (Å²) in [7, 11) is 0. The highest BCUT2D eigenvalue weighted by Gasteiger charge is 2.02. The van der Waals surface area contributed by atoms with E-state index in [1.807, 2.05) is 12.4 Å². The van der Waals surface area contributed by atoms with Gasteiger partial charge in [-0.1, -0.05) is 24.3 Å². The SMILES string of the molecule is CCn1ccnc1Cc1ccc(CN)cc1. The molecule has 16 heavy (non-hydrogen) atoms. The fourth-order valence-electron chi connectivity index (χ4n) is 1.77. The van der Waals surface area contributed by atoms with Gasteiger partial charge in [0.25, 0.3) is 0 Å². The van der Waals surface area contributed by atoms with E-state index in [0.29, 0.717) is 6.54 Å². The molecule has 0 saturated carbocycles. The Labute approximate surface area is 95.9 Å². The molecule has 1 aromatic heterocycles. The second-order valence-electron chi connectivity index (χ2n) is 3.83. The van der Waals surface area contributed by atoms with E-state index in [1.54, 1.807) is 0 Å². The van der Waals surface area contributed by atoms with Crippen LogP contribution in [0.3, 0.4) is 0 Å². The van der Waals surface area contributed by atoms with Gasteiger partial charge in [-0.15, -0.1) is 0 Å². The third-order valence-corrected chi connectivity index (χ3v) is 2.76. The zero-order valence-electron chi connectivity index (χ0n) is 9.56. The number of benzene rings is 1. The molecule has 1 heterocycles. The number of rotatable bonds is 4. The van der Waals surface area contributed by atoms with Gasteiger partial charge in [0.2, 0.25) is 0 Å². The Morgan fingerprint density at radius 1 is 1.19 bits per heavy atom. The van der Waals surface area contributed by atoms with Gasteiger partial charge in [0, 0.05) is 31.9 Å². The highest BCUT2D eigenvalue weighted by Crippen LogP contribution is 2.09. The lowest BCUT2D eigenvalue weighted by Gasteiger charge is -2.05. The van der Waals surface area contributed by atoms with Crippen LogP contribution in [0.5, 0.6) is 0 Å². The summed E-state index contributed by atoms with van der Waals surface area (Å²) in [6.07, 6.45) is 4.75. The second kappa shape index (κ2) is 4.94. The van der Waals surface area contributed by atoms with Crippen molar-refractivity contribution in [3.63, 3.8) is 0 Å². The monoisotopic (exact) mass is 215 g/mol. The highest BCUT2D eigenvalue weighted by molar-refractivity contribution is 5.24. The zero-order valence-corrected chi connectivity index (χ0v) is 9.56. The highest BCUT2D eigenvalue weighted by atomic mass is 15.0. The van der Waals surface area contributed by atoms with Gasteiger partial charge in [-0.3, -0.25) is 0 Å². The van der Waals surface area contributed by atoms with Gasteiger partial charge in [-0.25, -0.2) is 4.98 Å². The van der Waals surface area contributed by atoms with Gasteiger partial charge in [0.15, 0.2) is 0 Å². The van der Waals surface area contributed by atoms with Crippen LogP contribution < -0.4 is 5.73 Å². The van der Waals surface area contributed by atoms with Crippen molar-refractivity contribution in [1.29, 1.82) is 0 Å². The van der Waals surface area contributed by atoms with E-state index in [4.69, 9.17) is 5.73 Å². The minimum atomic E-state index is 0.601. The Hall–Kier alpha value is -1.61. The van der Waals surface area contributed by atoms with Crippen LogP contribution in [-0.4, -0.2) is 9.55 Å². The number of aromatic nitrogens is 2. The smallest absolute Gasteiger partial charge is 0.113 e. The molecule has 3 nitrogen and oxygen atoms in total. The summed E-state index contributed by atoms with van der Waals surface area (Å²) in [5.41, 5.74) is 8.01. The van der Waals surface area contributed by atoms with Crippen molar-refractivity contribution in [2.24, 2.45) is 5.73 Å². The molecule has 0 atom stereocenters. The maximum absolute atomic E-state index is 5.57. The Bertz CT molecular complexity index is 442. The van der Waals surface area contributed by atoms with Gasteiger partial charge in [-0.05, 0) is 18.1 Å². The average molecular weight is 215 g/mol. The van der Waals surface area contributed by atoms with Crippen molar-refractivity contribution in [2.45, 2.75) is 26.4 Å². The van der Waals surface area contributed by atoms with Crippen LogP contribution in [0.4, 0.5) is 0 Å². The van der Waals surface area contributed by atoms with Crippen LogP contribution in [0.1, 0.15) is 23.9 Å². The molecule has 0 spiro atoms. The fourth-order valence-corrected chi connectivity index (χ4v) is 1.77. The normalized spacial score (nSPS) is 10.6. The van der Waals surface area contributed by atoms with Crippen molar-refractivity contribution in [1.82, 2.24) is 9.55 Å². The third kappa shape index (κ3) is 2.31. The molecule has 0 aliphatic rings. The molecular formula is C13H17N3. The summed E-state index contributed by atoms with van der Waals surface area (Å²) < 4.78 is 2.16. The molecule has 1 aromatic carbocycles. The van der Waals surface area contributed by atoms with E-state index in [2.05, 4.69) is 40.7 Å². The maximum Gasteiger partial charge on any atom is 0.113 e. The molecular weight excluding hydrogens is 198 g/mol. The number of hydrogen-bond donors (Lipinski definition) is 1. The standard InChI is InChI=1S/C13H17N3/c1-2-16-8-7-15-13(16)9-11-3-5-12(10-14)6-4-11/h3-8H,2,9-10,14H2,1H3. The van der Waals surface area contributed by atoms with Gasteiger partial charge in [-0.2, -0.15) is 0 Å². The van der Waals surface area contributed by atoms with Crippen molar-refractivity contribution in [3.8, 4) is 0 Å². The molecule has 84 valence electrons. The van der Waals surface area contributed by atoms with Crippen LogP contribution in [0.25, 0.3) is 0 Å². The van der Waals surface area contributed by atoms with E-state index in [9.17, 15) is 0 Å². The molecule has 0 unspecified atom stereocenters. The molecule has 0 radical (unpaired) electrons. The van der Waals surface area contributed by atoms with Gasteiger partial charge < -0.3 is 10.3 Å². The van der Waals surface area contributed by atoms with E-state index in [1.165, 1.54) is 11.1 Å². The van der Waals surface area contributed by atoms with E-state index >= 15 is 0 Å². The van der Waals surface area contributed by atoms with E-state index < -0.39 is 0 Å². The molecule has 2 aromatic rings. The largest absolute Gasteiger partial charge is 0.335 e.